The SMILES string of the molecule is CN1CCCN2CCC(C3CCC4=NC(C5CC6=NCCCN6C5)CCN4CC3)N=C12. The predicted octanol–water partition coefficient (Wildman–Crippen LogP) is 2.15. The highest BCUT2D eigenvalue weighted by Crippen LogP contribution is 2.33. The lowest BCUT2D eigenvalue weighted by molar-refractivity contribution is 0.227. The summed E-state index contributed by atoms with van der Waals surface area (Å²) in [5, 5.41) is 0. The Bertz CT molecular complexity index is 774. The first-order valence-corrected chi connectivity index (χ1v) is 12.9. The van der Waals surface area contributed by atoms with Gasteiger partial charge in [-0.05, 0) is 44.4 Å². The number of hydrogen-bond acceptors (Lipinski definition) is 7. The van der Waals surface area contributed by atoms with Gasteiger partial charge in [0.2, 0.25) is 0 Å². The van der Waals surface area contributed by atoms with Crippen LogP contribution in [-0.4, -0.2) is 109 Å². The van der Waals surface area contributed by atoms with E-state index in [-0.39, 0.29) is 0 Å². The number of amidine groups is 2. The third-order valence-corrected chi connectivity index (χ3v) is 8.64. The Morgan fingerprint density at radius 2 is 1.52 bits per heavy atom. The molecule has 4 atom stereocenters. The van der Waals surface area contributed by atoms with Crippen molar-refractivity contribution in [2.24, 2.45) is 26.8 Å². The van der Waals surface area contributed by atoms with Gasteiger partial charge in [-0.15, -0.1) is 0 Å². The van der Waals surface area contributed by atoms with E-state index in [9.17, 15) is 0 Å². The van der Waals surface area contributed by atoms with Gasteiger partial charge in [-0.25, -0.2) is 4.99 Å². The van der Waals surface area contributed by atoms with Gasteiger partial charge in [-0.3, -0.25) is 9.98 Å². The first-order valence-electron chi connectivity index (χ1n) is 12.9. The molecule has 0 radical (unpaired) electrons. The summed E-state index contributed by atoms with van der Waals surface area (Å²) in [5.41, 5.74) is 0. The van der Waals surface area contributed by atoms with Crippen LogP contribution in [0.25, 0.3) is 0 Å². The fourth-order valence-corrected chi connectivity index (χ4v) is 6.83. The normalized spacial score (nSPS) is 36.1. The second-order valence-electron chi connectivity index (χ2n) is 10.6. The second-order valence-corrected chi connectivity index (χ2v) is 10.6. The van der Waals surface area contributed by atoms with Crippen LogP contribution >= 0.6 is 0 Å². The quantitative estimate of drug-likeness (QED) is 0.680. The zero-order chi connectivity index (χ0) is 20.8. The molecule has 0 bridgehead atoms. The van der Waals surface area contributed by atoms with Crippen molar-refractivity contribution in [2.45, 2.75) is 63.5 Å². The first kappa shape index (κ1) is 19.9. The van der Waals surface area contributed by atoms with Crippen LogP contribution in [0, 0.1) is 11.8 Å². The molecule has 0 amide bonds. The predicted molar refractivity (Wildman–Crippen MR) is 126 cm³/mol. The summed E-state index contributed by atoms with van der Waals surface area (Å²) in [6.07, 6.45) is 9.81. The molecule has 0 spiro atoms. The van der Waals surface area contributed by atoms with Gasteiger partial charge in [0.15, 0.2) is 5.96 Å². The van der Waals surface area contributed by atoms with Gasteiger partial charge in [0.25, 0.3) is 0 Å². The van der Waals surface area contributed by atoms with E-state index in [0.717, 1.165) is 25.9 Å². The number of rotatable bonds is 2. The number of guanidine groups is 1. The monoisotopic (exact) mass is 425 g/mol. The highest BCUT2D eigenvalue weighted by molar-refractivity contribution is 5.86. The van der Waals surface area contributed by atoms with E-state index in [1.165, 1.54) is 95.4 Å². The maximum absolute atomic E-state index is 5.37. The Morgan fingerprint density at radius 1 is 0.710 bits per heavy atom. The molecule has 0 aromatic rings. The number of hydrogen-bond donors (Lipinski definition) is 0. The van der Waals surface area contributed by atoms with Crippen LogP contribution in [0.15, 0.2) is 15.0 Å². The van der Waals surface area contributed by atoms with Gasteiger partial charge in [0, 0.05) is 78.2 Å². The minimum Gasteiger partial charge on any atom is -0.360 e. The lowest BCUT2D eigenvalue weighted by atomic mass is 9.89. The van der Waals surface area contributed by atoms with Crippen LogP contribution < -0.4 is 0 Å². The highest BCUT2D eigenvalue weighted by atomic mass is 15.4. The molecule has 0 aromatic heterocycles. The van der Waals surface area contributed by atoms with Crippen LogP contribution in [-0.2, 0) is 0 Å². The van der Waals surface area contributed by atoms with Crippen molar-refractivity contribution in [3.63, 3.8) is 0 Å². The highest BCUT2D eigenvalue weighted by Gasteiger charge is 2.38. The zero-order valence-corrected chi connectivity index (χ0v) is 19.3. The second kappa shape index (κ2) is 8.28. The molecule has 0 aromatic carbocycles. The molecule has 0 N–H and O–H groups in total. The Balaban J connectivity index is 1.12. The first-order chi connectivity index (χ1) is 15.2. The fourth-order valence-electron chi connectivity index (χ4n) is 6.83. The van der Waals surface area contributed by atoms with E-state index in [4.69, 9.17) is 15.0 Å². The van der Waals surface area contributed by atoms with Crippen molar-refractivity contribution in [3.8, 4) is 0 Å². The molecule has 7 heteroatoms. The third kappa shape index (κ3) is 3.82. The summed E-state index contributed by atoms with van der Waals surface area (Å²) in [7, 11) is 2.22. The topological polar surface area (TPSA) is 50.0 Å². The summed E-state index contributed by atoms with van der Waals surface area (Å²) >= 11 is 0. The number of fused-ring (bicyclic) bond motifs is 3. The molecule has 0 saturated carbocycles. The van der Waals surface area contributed by atoms with E-state index in [0.29, 0.717) is 23.9 Å². The molecule has 6 aliphatic heterocycles. The van der Waals surface area contributed by atoms with Crippen LogP contribution in [0.2, 0.25) is 0 Å². The summed E-state index contributed by atoms with van der Waals surface area (Å²) in [4.78, 5) is 25.5. The number of nitrogens with zero attached hydrogens (tertiary/aromatic N) is 7. The van der Waals surface area contributed by atoms with Gasteiger partial charge in [0.05, 0.1) is 23.8 Å². The van der Waals surface area contributed by atoms with Crippen molar-refractivity contribution in [2.75, 3.05) is 59.4 Å². The molecule has 4 unspecified atom stereocenters. The summed E-state index contributed by atoms with van der Waals surface area (Å²) < 4.78 is 0. The Kier molecular flexibility index (Phi) is 5.31. The average molecular weight is 426 g/mol. The lowest BCUT2D eigenvalue weighted by Gasteiger charge is -2.42. The minimum atomic E-state index is 0.508. The molecule has 3 saturated heterocycles. The summed E-state index contributed by atoms with van der Waals surface area (Å²) in [5.74, 6) is 5.44. The van der Waals surface area contributed by atoms with Crippen LogP contribution in [0.3, 0.4) is 0 Å². The molecule has 170 valence electrons. The van der Waals surface area contributed by atoms with E-state index >= 15 is 0 Å². The van der Waals surface area contributed by atoms with Crippen molar-refractivity contribution in [3.05, 3.63) is 0 Å². The Labute approximate surface area is 187 Å². The smallest absolute Gasteiger partial charge is 0.196 e. The van der Waals surface area contributed by atoms with Gasteiger partial charge in [-0.2, -0.15) is 0 Å². The van der Waals surface area contributed by atoms with Crippen molar-refractivity contribution >= 4 is 17.6 Å². The van der Waals surface area contributed by atoms with Gasteiger partial charge < -0.3 is 19.6 Å². The zero-order valence-electron chi connectivity index (χ0n) is 19.3. The van der Waals surface area contributed by atoms with E-state index in [1.807, 2.05) is 0 Å². The van der Waals surface area contributed by atoms with Crippen LogP contribution in [0.5, 0.6) is 0 Å². The van der Waals surface area contributed by atoms with Crippen LogP contribution in [0.4, 0.5) is 0 Å². The Morgan fingerprint density at radius 3 is 2.42 bits per heavy atom. The van der Waals surface area contributed by atoms with E-state index < -0.39 is 0 Å². The van der Waals surface area contributed by atoms with Crippen LogP contribution in [0.1, 0.15) is 51.4 Å². The van der Waals surface area contributed by atoms with Crippen molar-refractivity contribution in [1.82, 2.24) is 19.6 Å². The molecule has 6 heterocycles. The Hall–Kier alpha value is -1.79. The molecular formula is C24H39N7. The fraction of sp³-hybridized carbons (Fsp3) is 0.875. The van der Waals surface area contributed by atoms with Gasteiger partial charge in [0.1, 0.15) is 0 Å². The third-order valence-electron chi connectivity index (χ3n) is 8.64. The van der Waals surface area contributed by atoms with Crippen molar-refractivity contribution < 1.29 is 0 Å². The summed E-state index contributed by atoms with van der Waals surface area (Å²) in [6, 6.07) is 1.02. The molecule has 3 fully saturated rings. The maximum Gasteiger partial charge on any atom is 0.196 e. The molecule has 7 nitrogen and oxygen atoms in total. The van der Waals surface area contributed by atoms with E-state index in [2.05, 4.69) is 26.6 Å². The van der Waals surface area contributed by atoms with E-state index in [1.54, 1.807) is 0 Å². The molecule has 6 aliphatic rings. The molecule has 0 aliphatic carbocycles. The molecule has 6 rings (SSSR count). The standard InChI is InChI=1S/C24H39N7/c1-28-10-3-12-30-15-8-20(27-24(28)30)18-4-5-22-26-21(7-14-29(22)13-6-18)19-16-23-25-9-2-11-31(23)17-19/h18-21H,2-17H2,1H3. The van der Waals surface area contributed by atoms with Gasteiger partial charge in [-0.1, -0.05) is 0 Å². The lowest BCUT2D eigenvalue weighted by Crippen LogP contribution is -2.52. The van der Waals surface area contributed by atoms with Crippen molar-refractivity contribution in [1.29, 1.82) is 0 Å². The summed E-state index contributed by atoms with van der Waals surface area (Å²) in [6.45, 7) is 9.36. The largest absolute Gasteiger partial charge is 0.360 e. The number of aliphatic imine (C=N–C) groups is 3. The molecule has 31 heavy (non-hydrogen) atoms. The maximum atomic E-state index is 5.37. The molecular weight excluding hydrogens is 386 g/mol. The average Bonchev–Trinajstić information content (AvgIpc) is 3.13. The van der Waals surface area contributed by atoms with Gasteiger partial charge >= 0.3 is 0 Å². The minimum absolute atomic E-state index is 0.508.